The van der Waals surface area contributed by atoms with Gasteiger partial charge in [-0.15, -0.1) is 0 Å². The predicted molar refractivity (Wildman–Crippen MR) is 168 cm³/mol. The standard InChI is InChI=1S/C32H41IN7O4/c1-31(2,3)44-30(42)39-32(13-15-40(16-14-32)24(17-22-18-33-22)27-28(35-4)37-20-36-27)29(41)38-26-23(34)11-8-12-25(26)43-19-21-9-6-5-7-10-21/h5-12,20,22H,13-19,34H2,1-4H3,(H,38,41)(H,39,42)(H,35,36,37)/q-1/b27-24-. The van der Waals surface area contributed by atoms with Crippen LogP contribution in [-0.2, 0) is 16.1 Å². The number of carbonyl (C=O) groups is 2. The molecule has 2 aromatic carbocycles. The maximum absolute atomic E-state index is 14.2. The molecule has 2 fully saturated rings. The molecule has 0 saturated carbocycles. The number of aliphatic imine (C=N–C) groups is 2. The summed E-state index contributed by atoms with van der Waals surface area (Å²) in [7, 11) is 1.74. The Kier molecular flexibility index (Phi) is 9.66. The Morgan fingerprint density at radius 2 is 1.89 bits per heavy atom. The van der Waals surface area contributed by atoms with Gasteiger partial charge >= 0.3 is 221 Å². The number of ether oxygens (including phenoxy) is 2. The monoisotopic (exact) mass is 714 g/mol. The number of allylic oxidation sites excluding steroid dienone is 1. The van der Waals surface area contributed by atoms with Gasteiger partial charge in [0.25, 0.3) is 0 Å². The minimum atomic E-state index is -1.23. The Hall–Kier alpha value is -3.81. The van der Waals surface area contributed by atoms with Crippen molar-refractivity contribution in [2.45, 2.75) is 61.7 Å². The minimum absolute atomic E-state index is 0.242. The van der Waals surface area contributed by atoms with Gasteiger partial charge in [-0.25, -0.2) is 0 Å². The van der Waals surface area contributed by atoms with Gasteiger partial charge in [0, 0.05) is 0 Å². The first-order valence-electron chi connectivity index (χ1n) is 14.8. The van der Waals surface area contributed by atoms with Crippen LogP contribution in [0, 0.1) is 0 Å². The van der Waals surface area contributed by atoms with Crippen LogP contribution in [0.3, 0.4) is 0 Å². The number of rotatable bonds is 9. The van der Waals surface area contributed by atoms with E-state index in [9.17, 15) is 9.59 Å². The second-order valence-corrected chi connectivity index (χ2v) is 15.5. The van der Waals surface area contributed by atoms with Gasteiger partial charge in [0.2, 0.25) is 0 Å². The number of hydrogen-bond acceptors (Lipinski definition) is 8. The van der Waals surface area contributed by atoms with Gasteiger partial charge in [-0.1, -0.05) is 36.4 Å². The summed E-state index contributed by atoms with van der Waals surface area (Å²) in [6.07, 6.45) is 2.71. The molecule has 0 aliphatic carbocycles. The van der Waals surface area contributed by atoms with Crippen LogP contribution in [-0.4, -0.2) is 68.7 Å². The molecule has 0 spiro atoms. The average Bonchev–Trinajstić information content (AvgIpc) is 3.69. The first-order chi connectivity index (χ1) is 21.1. The van der Waals surface area contributed by atoms with Crippen LogP contribution >= 0.6 is 0 Å². The summed E-state index contributed by atoms with van der Waals surface area (Å²) in [5.41, 5.74) is 8.22. The zero-order chi connectivity index (χ0) is 31.3. The van der Waals surface area contributed by atoms with Gasteiger partial charge < -0.3 is 0 Å². The van der Waals surface area contributed by atoms with Crippen molar-refractivity contribution in [2.75, 3.05) is 35.6 Å². The molecule has 0 aromatic heterocycles. The van der Waals surface area contributed by atoms with Crippen LogP contribution in [0.5, 0.6) is 5.75 Å². The van der Waals surface area contributed by atoms with Crippen LogP contribution in [0.25, 0.3) is 0 Å². The Labute approximate surface area is 269 Å². The molecule has 0 bridgehead atoms. The van der Waals surface area contributed by atoms with Crippen molar-refractivity contribution in [2.24, 2.45) is 9.98 Å². The molecule has 5 N–H and O–H groups in total. The summed E-state index contributed by atoms with van der Waals surface area (Å²) in [5, 5.41) is 9.26. The zero-order valence-corrected chi connectivity index (χ0v) is 27.8. The maximum atomic E-state index is 14.2. The number of benzene rings is 2. The van der Waals surface area contributed by atoms with Crippen LogP contribution in [0.1, 0.15) is 45.6 Å². The molecule has 2 amide bonds. The number of nitrogens with zero attached hydrogens (tertiary/aromatic N) is 3. The van der Waals surface area contributed by atoms with E-state index in [2.05, 4.69) is 30.8 Å². The number of anilines is 2. The molecule has 5 rings (SSSR count). The van der Waals surface area contributed by atoms with Crippen molar-refractivity contribution in [3.8, 4) is 5.75 Å². The second kappa shape index (κ2) is 13.4. The number of halogens is 1. The SMILES string of the molecule is CN=C1N=CN/C1=C(/CC1C[I-]1)N1CCC(NC(=O)OC(C)(C)C)(C(=O)Nc2c(N)cccc2OCc2ccccc2)CC1. The van der Waals surface area contributed by atoms with Crippen molar-refractivity contribution in [3.63, 3.8) is 0 Å². The number of likely N-dealkylation sites (tertiary alicyclic amines) is 1. The molecular formula is C32H41IN7O4-. The van der Waals surface area contributed by atoms with Crippen LogP contribution < -0.4 is 47.6 Å². The van der Waals surface area contributed by atoms with E-state index in [1.807, 2.05) is 30.3 Å². The third-order valence-electron chi connectivity index (χ3n) is 7.61. The molecule has 0 radical (unpaired) electrons. The summed E-state index contributed by atoms with van der Waals surface area (Å²) in [6, 6.07) is 15.0. The van der Waals surface area contributed by atoms with Crippen LogP contribution in [0.15, 0.2) is 69.9 Å². The number of alkyl carbamates (subject to hydrolysis) is 1. The van der Waals surface area contributed by atoms with Crippen LogP contribution in [0.4, 0.5) is 16.2 Å². The molecule has 2 saturated heterocycles. The Balaban J connectivity index is 1.38. The first-order valence-corrected chi connectivity index (χ1v) is 17.5. The molecule has 3 heterocycles. The van der Waals surface area contributed by atoms with Gasteiger partial charge in [-0.3, -0.25) is 0 Å². The zero-order valence-electron chi connectivity index (χ0n) is 25.7. The number of nitrogens with one attached hydrogen (secondary N) is 3. The van der Waals surface area contributed by atoms with E-state index < -0.39 is 17.2 Å². The predicted octanol–water partition coefficient (Wildman–Crippen LogP) is 0.878. The molecule has 12 heteroatoms. The molecule has 44 heavy (non-hydrogen) atoms. The van der Waals surface area contributed by atoms with E-state index in [0.29, 0.717) is 55.5 Å². The number of piperidine rings is 1. The van der Waals surface area contributed by atoms with Gasteiger partial charge in [-0.2, -0.15) is 0 Å². The van der Waals surface area contributed by atoms with E-state index in [1.54, 1.807) is 52.4 Å². The molecule has 1 atom stereocenters. The molecule has 2 aromatic rings. The number of carbonyl (C=O) groups excluding carboxylic acids is 2. The first kappa shape index (κ1) is 31.6. The third kappa shape index (κ3) is 7.82. The number of para-hydroxylation sites is 1. The summed E-state index contributed by atoms with van der Waals surface area (Å²) in [6.45, 7) is 6.80. The van der Waals surface area contributed by atoms with Gasteiger partial charge in [0.1, 0.15) is 6.61 Å². The molecule has 3 aliphatic heterocycles. The summed E-state index contributed by atoms with van der Waals surface area (Å²) >= 11 is 0.242. The third-order valence-corrected chi connectivity index (χ3v) is 10.2. The average molecular weight is 715 g/mol. The molecular weight excluding hydrogens is 673 g/mol. The van der Waals surface area contributed by atoms with E-state index >= 15 is 0 Å². The fourth-order valence-electron chi connectivity index (χ4n) is 5.28. The fraction of sp³-hybridized carbons (Fsp3) is 0.438. The fourth-order valence-corrected chi connectivity index (χ4v) is 6.68. The number of nitrogen functional groups attached to an aromatic ring is 1. The normalized spacial score (nSPS) is 21.1. The summed E-state index contributed by atoms with van der Waals surface area (Å²) in [4.78, 5) is 38.4. The Morgan fingerprint density at radius 3 is 2.55 bits per heavy atom. The van der Waals surface area contributed by atoms with E-state index in [4.69, 9.17) is 15.2 Å². The summed E-state index contributed by atoms with van der Waals surface area (Å²) < 4.78 is 13.7. The van der Waals surface area contributed by atoms with Crippen molar-refractivity contribution in [1.82, 2.24) is 15.5 Å². The van der Waals surface area contributed by atoms with Crippen molar-refractivity contribution >= 4 is 35.5 Å². The Bertz CT molecular complexity index is 1460. The molecule has 236 valence electrons. The quantitative estimate of drug-likeness (QED) is 0.172. The van der Waals surface area contributed by atoms with E-state index in [-0.39, 0.29) is 27.1 Å². The topological polar surface area (TPSA) is 143 Å². The van der Waals surface area contributed by atoms with Crippen LogP contribution in [0.2, 0.25) is 0 Å². The number of amides is 2. The number of alkyl halides is 2. The second-order valence-electron chi connectivity index (χ2n) is 12.0. The van der Waals surface area contributed by atoms with E-state index in [0.717, 1.165) is 21.6 Å². The number of hydrogen-bond donors (Lipinski definition) is 4. The van der Waals surface area contributed by atoms with E-state index in [1.165, 1.54) is 10.1 Å². The number of nitrogens with two attached hydrogens (primary N) is 1. The van der Waals surface area contributed by atoms with Gasteiger partial charge in [0.15, 0.2) is 0 Å². The van der Waals surface area contributed by atoms with Gasteiger partial charge in [0.05, 0.1) is 0 Å². The molecule has 3 aliphatic rings. The van der Waals surface area contributed by atoms with Crippen molar-refractivity contribution < 1.29 is 40.3 Å². The number of amidine groups is 1. The molecule has 11 nitrogen and oxygen atoms in total. The summed E-state index contributed by atoms with van der Waals surface area (Å²) in [5.74, 6) is 0.763. The van der Waals surface area contributed by atoms with Gasteiger partial charge in [-0.05, 0) is 5.56 Å². The molecule has 1 unspecified atom stereocenters. The van der Waals surface area contributed by atoms with Crippen molar-refractivity contribution in [1.29, 1.82) is 0 Å². The Morgan fingerprint density at radius 1 is 1.16 bits per heavy atom. The van der Waals surface area contributed by atoms with Crippen molar-refractivity contribution in [3.05, 3.63) is 65.5 Å².